The van der Waals surface area contributed by atoms with Gasteiger partial charge in [0.05, 0.1) is 11.2 Å². The third-order valence-corrected chi connectivity index (χ3v) is 4.45. The minimum atomic E-state index is -4.75. The van der Waals surface area contributed by atoms with Crippen LogP contribution < -0.4 is 5.32 Å². The molecular formula is C21H14F4N4O. The quantitative estimate of drug-likeness (QED) is 0.498. The number of imidazole rings is 1. The van der Waals surface area contributed by atoms with E-state index in [9.17, 15) is 22.4 Å². The average molecular weight is 414 g/mol. The van der Waals surface area contributed by atoms with Crippen molar-refractivity contribution in [2.45, 2.75) is 12.2 Å². The molecule has 5 nitrogen and oxygen atoms in total. The maximum atomic E-state index is 13.6. The number of aromatic nitrogens is 3. The van der Waals surface area contributed by atoms with Crippen LogP contribution in [0.15, 0.2) is 73.1 Å². The highest BCUT2D eigenvalue weighted by atomic mass is 19.4. The molecule has 152 valence electrons. The lowest BCUT2D eigenvalue weighted by Gasteiger charge is -2.20. The van der Waals surface area contributed by atoms with Crippen molar-refractivity contribution in [1.82, 2.24) is 19.7 Å². The Hall–Kier alpha value is -3.75. The molecule has 0 aliphatic carbocycles. The molecule has 0 fully saturated rings. The number of carbonyl (C=O) groups is 1. The van der Waals surface area contributed by atoms with Crippen LogP contribution in [-0.4, -0.2) is 26.5 Å². The summed E-state index contributed by atoms with van der Waals surface area (Å²) in [4.78, 5) is 20.8. The van der Waals surface area contributed by atoms with Gasteiger partial charge < -0.3 is 5.32 Å². The fourth-order valence-electron chi connectivity index (χ4n) is 3.08. The fourth-order valence-corrected chi connectivity index (χ4v) is 3.08. The Labute approximate surface area is 168 Å². The number of hydrogen-bond donors (Lipinski definition) is 1. The number of nitrogens with zero attached hydrogens (tertiary/aromatic N) is 3. The molecule has 1 amide bonds. The predicted molar refractivity (Wildman–Crippen MR) is 101 cm³/mol. The van der Waals surface area contributed by atoms with E-state index in [2.05, 4.69) is 9.97 Å². The summed E-state index contributed by atoms with van der Waals surface area (Å²) >= 11 is 0. The number of amides is 1. The van der Waals surface area contributed by atoms with E-state index >= 15 is 0 Å². The van der Waals surface area contributed by atoms with E-state index in [1.807, 2.05) is 5.32 Å². The molecular weight excluding hydrogens is 400 g/mol. The molecule has 0 spiro atoms. The molecule has 30 heavy (non-hydrogen) atoms. The Morgan fingerprint density at radius 3 is 2.40 bits per heavy atom. The number of pyridine rings is 2. The lowest BCUT2D eigenvalue weighted by atomic mass is 10.1. The van der Waals surface area contributed by atoms with E-state index < -0.39 is 23.9 Å². The van der Waals surface area contributed by atoms with Crippen molar-refractivity contribution < 1.29 is 22.4 Å². The summed E-state index contributed by atoms with van der Waals surface area (Å²) in [7, 11) is 0. The summed E-state index contributed by atoms with van der Waals surface area (Å²) in [6, 6.07) is 12.1. The van der Waals surface area contributed by atoms with Crippen molar-refractivity contribution in [1.29, 1.82) is 0 Å². The van der Waals surface area contributed by atoms with Crippen LogP contribution in [0, 0.1) is 5.82 Å². The summed E-state index contributed by atoms with van der Waals surface area (Å²) < 4.78 is 55.6. The van der Waals surface area contributed by atoms with Gasteiger partial charge in [0.15, 0.2) is 11.7 Å². The highest BCUT2D eigenvalue weighted by Crippen LogP contribution is 2.32. The minimum absolute atomic E-state index is 0.180. The molecule has 3 aromatic heterocycles. The molecule has 0 aliphatic heterocycles. The molecule has 9 heteroatoms. The maximum Gasteiger partial charge on any atom is 0.414 e. The monoisotopic (exact) mass is 414 g/mol. The first kappa shape index (κ1) is 19.6. The number of nitrogens with one attached hydrogen (secondary N) is 1. The van der Waals surface area contributed by atoms with Crippen LogP contribution in [0.1, 0.15) is 22.2 Å². The average Bonchev–Trinajstić information content (AvgIpc) is 3.12. The Kier molecular flexibility index (Phi) is 4.94. The van der Waals surface area contributed by atoms with Gasteiger partial charge in [-0.3, -0.25) is 14.2 Å². The first-order valence-corrected chi connectivity index (χ1v) is 8.86. The number of alkyl halides is 3. The molecule has 1 unspecified atom stereocenters. The van der Waals surface area contributed by atoms with Crippen LogP contribution in [0.4, 0.5) is 17.6 Å². The lowest BCUT2D eigenvalue weighted by molar-refractivity contribution is -0.156. The number of benzene rings is 1. The van der Waals surface area contributed by atoms with Crippen LogP contribution in [0.25, 0.3) is 16.9 Å². The summed E-state index contributed by atoms with van der Waals surface area (Å²) in [6.45, 7) is 0. The van der Waals surface area contributed by atoms with E-state index in [1.165, 1.54) is 48.7 Å². The Morgan fingerprint density at radius 2 is 1.73 bits per heavy atom. The van der Waals surface area contributed by atoms with Crippen molar-refractivity contribution in [3.63, 3.8) is 0 Å². The molecule has 0 aliphatic rings. The zero-order valence-corrected chi connectivity index (χ0v) is 15.3. The van der Waals surface area contributed by atoms with Gasteiger partial charge in [-0.2, -0.15) is 13.2 Å². The standard InChI is InChI=1S/C21H14F4N4O/c22-14-9-7-13(8-10-14)19-27-17(16-6-2-4-12-29(16)19)20(30)28-18(21(23,24)25)15-5-1-3-11-26-15/h1-12,18H,(H,28,30). The maximum absolute atomic E-state index is 13.6. The summed E-state index contributed by atoms with van der Waals surface area (Å²) in [6.07, 6.45) is -1.91. The van der Waals surface area contributed by atoms with Crippen molar-refractivity contribution in [2.24, 2.45) is 0 Å². The Bertz CT molecular complexity index is 1190. The van der Waals surface area contributed by atoms with Gasteiger partial charge in [0.1, 0.15) is 11.6 Å². The molecule has 1 atom stereocenters. The highest BCUT2D eigenvalue weighted by Gasteiger charge is 2.43. The highest BCUT2D eigenvalue weighted by molar-refractivity contribution is 6.00. The number of halogens is 4. The third-order valence-electron chi connectivity index (χ3n) is 4.45. The van der Waals surface area contributed by atoms with Gasteiger partial charge in [0.25, 0.3) is 5.91 Å². The molecule has 1 aromatic carbocycles. The lowest BCUT2D eigenvalue weighted by Crippen LogP contribution is -2.38. The van der Waals surface area contributed by atoms with E-state index in [1.54, 1.807) is 28.8 Å². The van der Waals surface area contributed by atoms with Gasteiger partial charge in [0.2, 0.25) is 0 Å². The van der Waals surface area contributed by atoms with Crippen LogP contribution in [0.2, 0.25) is 0 Å². The van der Waals surface area contributed by atoms with Crippen LogP contribution in [-0.2, 0) is 0 Å². The van der Waals surface area contributed by atoms with Crippen molar-refractivity contribution >= 4 is 11.4 Å². The van der Waals surface area contributed by atoms with Crippen LogP contribution in [0.5, 0.6) is 0 Å². The van der Waals surface area contributed by atoms with Gasteiger partial charge in [0, 0.05) is 18.0 Å². The van der Waals surface area contributed by atoms with Crippen molar-refractivity contribution in [3.05, 3.63) is 90.3 Å². The Morgan fingerprint density at radius 1 is 1.00 bits per heavy atom. The molecule has 0 saturated carbocycles. The number of rotatable bonds is 4. The van der Waals surface area contributed by atoms with E-state index in [4.69, 9.17) is 0 Å². The molecule has 0 radical (unpaired) electrons. The molecule has 1 N–H and O–H groups in total. The molecule has 4 aromatic rings. The molecule has 0 bridgehead atoms. The van der Waals surface area contributed by atoms with Crippen molar-refractivity contribution in [3.8, 4) is 11.4 Å². The Balaban J connectivity index is 1.75. The second-order valence-corrected chi connectivity index (χ2v) is 6.45. The SMILES string of the molecule is O=C(NC(c1ccccn1)C(F)(F)F)c1nc(-c2ccc(F)cc2)n2ccccc12. The number of fused-ring (bicyclic) bond motifs is 1. The zero-order valence-electron chi connectivity index (χ0n) is 15.3. The van der Waals surface area contributed by atoms with Gasteiger partial charge >= 0.3 is 6.18 Å². The number of hydrogen-bond acceptors (Lipinski definition) is 3. The van der Waals surface area contributed by atoms with Crippen molar-refractivity contribution in [2.75, 3.05) is 0 Å². The minimum Gasteiger partial charge on any atom is -0.334 e. The zero-order chi connectivity index (χ0) is 21.3. The van der Waals surface area contributed by atoms with E-state index in [0.29, 0.717) is 16.9 Å². The summed E-state index contributed by atoms with van der Waals surface area (Å²) in [5.41, 5.74) is 0.311. The normalized spacial score (nSPS) is 12.7. The largest absolute Gasteiger partial charge is 0.414 e. The van der Waals surface area contributed by atoms with Crippen LogP contribution >= 0.6 is 0 Å². The van der Waals surface area contributed by atoms with Gasteiger partial charge in [-0.15, -0.1) is 0 Å². The van der Waals surface area contributed by atoms with Gasteiger partial charge in [-0.25, -0.2) is 9.37 Å². The second-order valence-electron chi connectivity index (χ2n) is 6.45. The topological polar surface area (TPSA) is 59.3 Å². The van der Waals surface area contributed by atoms with E-state index in [0.717, 1.165) is 0 Å². The molecule has 4 rings (SSSR count). The first-order valence-electron chi connectivity index (χ1n) is 8.86. The molecule has 3 heterocycles. The fraction of sp³-hybridized carbons (Fsp3) is 0.0952. The summed E-state index contributed by atoms with van der Waals surface area (Å²) in [5, 5.41) is 1.99. The second kappa shape index (κ2) is 7.58. The van der Waals surface area contributed by atoms with E-state index in [-0.39, 0.29) is 11.4 Å². The van der Waals surface area contributed by atoms with Crippen LogP contribution in [0.3, 0.4) is 0 Å². The number of carbonyl (C=O) groups excluding carboxylic acids is 1. The van der Waals surface area contributed by atoms with Gasteiger partial charge in [-0.05, 0) is 48.5 Å². The third kappa shape index (κ3) is 3.73. The molecule has 0 saturated heterocycles. The predicted octanol–water partition coefficient (Wildman–Crippen LogP) is 4.57. The smallest absolute Gasteiger partial charge is 0.334 e. The first-order chi connectivity index (χ1) is 14.3. The summed E-state index contributed by atoms with van der Waals surface area (Å²) in [5.74, 6) is -1.14. The van der Waals surface area contributed by atoms with Gasteiger partial charge in [-0.1, -0.05) is 12.1 Å².